The largest absolute Gasteiger partial charge is 0.489 e. The second-order valence-corrected chi connectivity index (χ2v) is 10.2. The van der Waals surface area contributed by atoms with E-state index < -0.39 is 12.1 Å². The molecule has 0 heterocycles. The van der Waals surface area contributed by atoms with Crippen LogP contribution in [0.3, 0.4) is 0 Å². The number of ether oxygens (including phenoxy) is 10. The lowest BCUT2D eigenvalue weighted by atomic mass is 10.1. The van der Waals surface area contributed by atoms with Gasteiger partial charge in [0.15, 0.2) is 0 Å². The minimum Gasteiger partial charge on any atom is -0.489 e. The molecule has 0 saturated heterocycles. The fraction of sp³-hybridized carbons (Fsp3) is 0.667. The number of carbonyl (C=O) groups is 1. The molecule has 45 heavy (non-hydrogen) atoms. The number of hydrogen-bond donors (Lipinski definition) is 1. The van der Waals surface area contributed by atoms with Gasteiger partial charge in [-0.3, -0.25) is 0 Å². The molecule has 0 fully saturated rings. The highest BCUT2D eigenvalue weighted by Gasteiger charge is 2.17. The molecular formula is C33H53NO11. The highest BCUT2D eigenvalue weighted by Crippen LogP contribution is 2.25. The average Bonchev–Trinajstić information content (AvgIpc) is 3.04. The first-order valence-corrected chi connectivity index (χ1v) is 15.7. The molecule has 12 heteroatoms. The van der Waals surface area contributed by atoms with Crippen LogP contribution in [0.2, 0.25) is 0 Å². The first-order chi connectivity index (χ1) is 22.1. The zero-order valence-corrected chi connectivity index (χ0v) is 27.2. The molecule has 0 radical (unpaired) electrons. The second kappa shape index (κ2) is 26.8. The van der Waals surface area contributed by atoms with Crippen LogP contribution >= 0.6 is 0 Å². The van der Waals surface area contributed by atoms with Crippen LogP contribution in [-0.4, -0.2) is 137 Å². The molecule has 1 N–H and O–H groups in total. The Kier molecular flexibility index (Phi) is 23.1. The van der Waals surface area contributed by atoms with Gasteiger partial charge in [-0.1, -0.05) is 50.2 Å². The topological polar surface area (TPSA) is 121 Å². The number of nitrogens with one attached hydrogen (secondary N) is 1. The average molecular weight is 640 g/mol. The van der Waals surface area contributed by atoms with Gasteiger partial charge in [0.1, 0.15) is 25.1 Å². The number of benzene rings is 2. The molecule has 0 unspecified atom stereocenters. The van der Waals surface area contributed by atoms with Crippen LogP contribution in [0.25, 0.3) is 10.8 Å². The SMILES string of the molecule is COCCOCCOCCOCCOCCOCCOCCOCC(=O)O[C@@H](CNC(C)C)COc1cccc2ccccc12. The Bertz CT molecular complexity index is 989. The van der Waals surface area contributed by atoms with E-state index in [1.807, 2.05) is 56.3 Å². The zero-order valence-electron chi connectivity index (χ0n) is 27.2. The quantitative estimate of drug-likeness (QED) is 0.1000. The van der Waals surface area contributed by atoms with Gasteiger partial charge in [0, 0.05) is 25.1 Å². The van der Waals surface area contributed by atoms with Gasteiger partial charge in [-0.2, -0.15) is 0 Å². The van der Waals surface area contributed by atoms with Crippen LogP contribution in [0.4, 0.5) is 0 Å². The first kappa shape index (κ1) is 38.8. The summed E-state index contributed by atoms with van der Waals surface area (Å²) in [7, 11) is 1.64. The maximum absolute atomic E-state index is 12.4. The molecule has 12 nitrogen and oxygen atoms in total. The Morgan fingerprint density at radius 2 is 1.13 bits per heavy atom. The molecule has 2 aromatic carbocycles. The number of methoxy groups -OCH3 is 1. The summed E-state index contributed by atoms with van der Waals surface area (Å²) in [5.74, 6) is 0.302. The van der Waals surface area contributed by atoms with Crippen molar-refractivity contribution < 1.29 is 52.2 Å². The van der Waals surface area contributed by atoms with E-state index in [0.717, 1.165) is 16.5 Å². The van der Waals surface area contributed by atoms with Crippen molar-refractivity contribution in [3.63, 3.8) is 0 Å². The summed E-state index contributed by atoms with van der Waals surface area (Å²) < 4.78 is 54.6. The lowest BCUT2D eigenvalue weighted by molar-refractivity contribution is -0.156. The van der Waals surface area contributed by atoms with E-state index >= 15 is 0 Å². The molecule has 0 bridgehead atoms. The summed E-state index contributed by atoms with van der Waals surface area (Å²) in [6.45, 7) is 11.3. The van der Waals surface area contributed by atoms with Gasteiger partial charge >= 0.3 is 5.97 Å². The van der Waals surface area contributed by atoms with E-state index in [0.29, 0.717) is 92.4 Å². The van der Waals surface area contributed by atoms with Crippen molar-refractivity contribution >= 4 is 16.7 Å². The van der Waals surface area contributed by atoms with E-state index in [1.54, 1.807) is 7.11 Å². The maximum Gasteiger partial charge on any atom is 0.332 e. The van der Waals surface area contributed by atoms with Crippen LogP contribution in [0.5, 0.6) is 5.75 Å². The fourth-order valence-corrected chi connectivity index (χ4v) is 3.84. The molecular weight excluding hydrogens is 586 g/mol. The van der Waals surface area contributed by atoms with E-state index in [4.69, 9.17) is 47.4 Å². The second-order valence-electron chi connectivity index (χ2n) is 10.2. The normalized spacial score (nSPS) is 12.2. The predicted octanol–water partition coefficient (Wildman–Crippen LogP) is 2.89. The smallest absolute Gasteiger partial charge is 0.332 e. The molecule has 0 aliphatic heterocycles. The molecule has 2 rings (SSSR count). The minimum atomic E-state index is -0.464. The molecule has 2 aromatic rings. The van der Waals surface area contributed by atoms with Crippen LogP contribution in [0.15, 0.2) is 42.5 Å². The van der Waals surface area contributed by atoms with Crippen LogP contribution in [0.1, 0.15) is 13.8 Å². The Morgan fingerprint density at radius 3 is 1.67 bits per heavy atom. The number of hydrogen-bond acceptors (Lipinski definition) is 12. The maximum atomic E-state index is 12.4. The Morgan fingerprint density at radius 1 is 0.644 bits per heavy atom. The van der Waals surface area contributed by atoms with Gasteiger partial charge in [-0.25, -0.2) is 4.79 Å². The third kappa shape index (κ3) is 20.4. The summed E-state index contributed by atoms with van der Waals surface area (Å²) in [5, 5.41) is 5.41. The highest BCUT2D eigenvalue weighted by molar-refractivity contribution is 5.88. The molecule has 0 spiro atoms. The highest BCUT2D eigenvalue weighted by atomic mass is 16.6. The summed E-state index contributed by atoms with van der Waals surface area (Å²) in [4.78, 5) is 12.4. The number of rotatable bonds is 30. The van der Waals surface area contributed by atoms with Crippen molar-refractivity contribution in [2.24, 2.45) is 0 Å². The summed E-state index contributed by atoms with van der Waals surface area (Å²) >= 11 is 0. The van der Waals surface area contributed by atoms with Crippen LogP contribution in [-0.2, 0) is 47.4 Å². The molecule has 0 amide bonds. The Hall–Kier alpha value is -2.39. The lowest BCUT2D eigenvalue weighted by Gasteiger charge is -2.21. The monoisotopic (exact) mass is 639 g/mol. The van der Waals surface area contributed by atoms with Crippen molar-refractivity contribution in [3.05, 3.63) is 42.5 Å². The standard InChI is InChI=1S/C33H53NO11/c1-28(2)34-25-30(26-44-32-10-6-8-29-7-4-5-9-31(29)32)45-33(35)27-43-24-23-42-22-21-41-20-19-40-18-17-39-16-15-38-14-13-37-12-11-36-3/h4-10,28,30,34H,11-27H2,1-3H3/t30-/m0/s1. The van der Waals surface area contributed by atoms with E-state index in [9.17, 15) is 4.79 Å². The predicted molar refractivity (Wildman–Crippen MR) is 170 cm³/mol. The fourth-order valence-electron chi connectivity index (χ4n) is 3.84. The molecule has 0 saturated carbocycles. The number of carbonyl (C=O) groups excluding carboxylic acids is 1. The van der Waals surface area contributed by atoms with Crippen molar-refractivity contribution in [1.82, 2.24) is 5.32 Å². The lowest BCUT2D eigenvalue weighted by Crippen LogP contribution is -2.39. The third-order valence-corrected chi connectivity index (χ3v) is 6.11. The van der Waals surface area contributed by atoms with Crippen molar-refractivity contribution in [2.45, 2.75) is 26.0 Å². The van der Waals surface area contributed by atoms with Gasteiger partial charge in [-0.05, 0) is 11.5 Å². The van der Waals surface area contributed by atoms with Crippen molar-refractivity contribution in [2.75, 3.05) is 119 Å². The van der Waals surface area contributed by atoms with E-state index in [2.05, 4.69) is 5.32 Å². The van der Waals surface area contributed by atoms with Gasteiger partial charge in [0.05, 0.1) is 92.5 Å². The zero-order chi connectivity index (χ0) is 32.2. The van der Waals surface area contributed by atoms with E-state index in [-0.39, 0.29) is 25.9 Å². The Balaban J connectivity index is 1.41. The molecule has 0 aliphatic rings. The Labute approximate surface area is 267 Å². The molecule has 0 aliphatic carbocycles. The number of esters is 1. The van der Waals surface area contributed by atoms with Gasteiger partial charge in [-0.15, -0.1) is 0 Å². The van der Waals surface area contributed by atoms with Gasteiger partial charge in [0.2, 0.25) is 0 Å². The van der Waals surface area contributed by atoms with Crippen molar-refractivity contribution in [1.29, 1.82) is 0 Å². The molecule has 256 valence electrons. The summed E-state index contributed by atoms with van der Waals surface area (Å²) in [5.41, 5.74) is 0. The third-order valence-electron chi connectivity index (χ3n) is 6.11. The van der Waals surface area contributed by atoms with Gasteiger partial charge in [0.25, 0.3) is 0 Å². The minimum absolute atomic E-state index is 0.162. The summed E-state index contributed by atoms with van der Waals surface area (Å²) in [6.07, 6.45) is -0.464. The van der Waals surface area contributed by atoms with E-state index in [1.165, 1.54) is 0 Å². The summed E-state index contributed by atoms with van der Waals surface area (Å²) in [6, 6.07) is 14.2. The molecule has 1 atom stereocenters. The molecule has 0 aromatic heterocycles. The van der Waals surface area contributed by atoms with Crippen molar-refractivity contribution in [3.8, 4) is 5.75 Å². The van der Waals surface area contributed by atoms with Gasteiger partial charge < -0.3 is 52.7 Å². The number of fused-ring (bicyclic) bond motifs is 1. The first-order valence-electron chi connectivity index (χ1n) is 15.7. The van der Waals surface area contributed by atoms with Crippen LogP contribution in [0, 0.1) is 0 Å². The van der Waals surface area contributed by atoms with Crippen LogP contribution < -0.4 is 10.1 Å².